The number of nitrogens with zero attached hydrogens (tertiary/aromatic N) is 4. The molecule has 0 aliphatic carbocycles. The second-order valence-corrected chi connectivity index (χ2v) is 7.74. The molecule has 0 spiro atoms. The molecule has 0 radical (unpaired) electrons. The fourth-order valence-corrected chi connectivity index (χ4v) is 3.67. The molecular weight excluding hydrogens is 407 g/mol. The van der Waals surface area contributed by atoms with Crippen LogP contribution in [0.4, 0.5) is 4.39 Å². The number of carbonyl (C=O) groups excluding carboxylic acids is 1. The molecule has 7 heteroatoms. The second kappa shape index (κ2) is 9.18. The van der Waals surface area contributed by atoms with E-state index in [1.165, 1.54) is 12.3 Å². The quantitative estimate of drug-likeness (QED) is 0.418. The minimum absolute atomic E-state index is 0.0260. The third-order valence-corrected chi connectivity index (χ3v) is 5.51. The average Bonchev–Trinajstić information content (AvgIpc) is 3.38. The average molecular weight is 432 g/mol. The lowest BCUT2D eigenvalue weighted by Gasteiger charge is -2.17. The molecule has 6 nitrogen and oxygen atoms in total. The summed E-state index contributed by atoms with van der Waals surface area (Å²) in [5.41, 5.74) is 4.28. The summed E-state index contributed by atoms with van der Waals surface area (Å²) in [6.45, 7) is 4.43. The van der Waals surface area contributed by atoms with Crippen molar-refractivity contribution in [1.82, 2.24) is 19.7 Å². The number of halogens is 1. The molecule has 0 aliphatic heterocycles. The summed E-state index contributed by atoms with van der Waals surface area (Å²) in [5, 5.41) is 4.65. The third-order valence-electron chi connectivity index (χ3n) is 5.51. The van der Waals surface area contributed by atoms with Crippen LogP contribution in [-0.2, 0) is 17.8 Å². The molecule has 0 saturated carbocycles. The smallest absolute Gasteiger partial charge is 0.223 e. The minimum Gasteiger partial charge on any atom is -0.441 e. The van der Waals surface area contributed by atoms with Gasteiger partial charge in [-0.3, -0.25) is 4.79 Å². The van der Waals surface area contributed by atoms with Crippen molar-refractivity contribution >= 4 is 5.91 Å². The zero-order valence-corrected chi connectivity index (χ0v) is 18.4. The van der Waals surface area contributed by atoms with Crippen LogP contribution >= 0.6 is 0 Å². The molecule has 0 N–H and O–H groups in total. The van der Waals surface area contributed by atoms with Crippen LogP contribution in [0, 0.1) is 19.7 Å². The Morgan fingerprint density at radius 3 is 2.56 bits per heavy atom. The molecule has 0 fully saturated rings. The van der Waals surface area contributed by atoms with Crippen molar-refractivity contribution in [2.24, 2.45) is 0 Å². The van der Waals surface area contributed by atoms with E-state index in [9.17, 15) is 9.18 Å². The summed E-state index contributed by atoms with van der Waals surface area (Å²) in [6, 6.07) is 16.3. The van der Waals surface area contributed by atoms with E-state index in [1.54, 1.807) is 30.1 Å². The van der Waals surface area contributed by atoms with Gasteiger partial charge in [0.1, 0.15) is 5.82 Å². The number of hydrogen-bond donors (Lipinski definition) is 0. The predicted molar refractivity (Wildman–Crippen MR) is 120 cm³/mol. The maximum Gasteiger partial charge on any atom is 0.223 e. The van der Waals surface area contributed by atoms with Gasteiger partial charge in [0.05, 0.1) is 23.1 Å². The molecule has 164 valence electrons. The molecule has 0 saturated heterocycles. The Kier molecular flexibility index (Phi) is 6.16. The first kappa shape index (κ1) is 21.5. The summed E-state index contributed by atoms with van der Waals surface area (Å²) in [7, 11) is 1.78. The number of aromatic nitrogens is 3. The van der Waals surface area contributed by atoms with E-state index >= 15 is 0 Å². The second-order valence-electron chi connectivity index (χ2n) is 7.74. The van der Waals surface area contributed by atoms with Crippen molar-refractivity contribution in [3.8, 4) is 17.0 Å². The third kappa shape index (κ3) is 4.46. The topological polar surface area (TPSA) is 64.2 Å². The van der Waals surface area contributed by atoms with Gasteiger partial charge >= 0.3 is 0 Å². The first-order chi connectivity index (χ1) is 15.4. The number of benzene rings is 2. The standard InChI is InChI=1S/C25H25FN4O2/c1-17-21(18(2)30(28-17)19-9-5-4-6-10-19)16-29(3)25(31)14-13-24-27-15-23(32-24)20-11-7-8-12-22(20)26/h4-12,15H,13-14,16H2,1-3H3. The molecule has 2 aromatic heterocycles. The molecule has 4 aromatic rings. The van der Waals surface area contributed by atoms with Gasteiger partial charge in [0.25, 0.3) is 0 Å². The maximum absolute atomic E-state index is 13.9. The molecule has 0 unspecified atom stereocenters. The van der Waals surface area contributed by atoms with Crippen molar-refractivity contribution in [1.29, 1.82) is 0 Å². The Morgan fingerprint density at radius 2 is 1.81 bits per heavy atom. The van der Waals surface area contributed by atoms with Crippen molar-refractivity contribution in [2.45, 2.75) is 33.2 Å². The Hall–Kier alpha value is -3.74. The van der Waals surface area contributed by atoms with Crippen LogP contribution in [0.1, 0.15) is 29.3 Å². The van der Waals surface area contributed by atoms with Gasteiger partial charge in [-0.15, -0.1) is 0 Å². The molecule has 0 aliphatic rings. The van der Waals surface area contributed by atoms with Crippen molar-refractivity contribution in [3.63, 3.8) is 0 Å². The zero-order valence-electron chi connectivity index (χ0n) is 18.4. The number of amides is 1. The summed E-state index contributed by atoms with van der Waals surface area (Å²) in [4.78, 5) is 18.6. The normalized spacial score (nSPS) is 11.0. The summed E-state index contributed by atoms with van der Waals surface area (Å²) in [5.74, 6) is 0.377. The van der Waals surface area contributed by atoms with Gasteiger partial charge in [0.15, 0.2) is 11.7 Å². The van der Waals surface area contributed by atoms with Crippen LogP contribution in [0.5, 0.6) is 0 Å². The SMILES string of the molecule is Cc1nn(-c2ccccc2)c(C)c1CN(C)C(=O)CCc1ncc(-c2ccccc2F)o1. The highest BCUT2D eigenvalue weighted by atomic mass is 19.1. The van der Waals surface area contributed by atoms with Crippen LogP contribution in [-0.4, -0.2) is 32.6 Å². The van der Waals surface area contributed by atoms with E-state index in [-0.39, 0.29) is 18.1 Å². The van der Waals surface area contributed by atoms with Crippen LogP contribution < -0.4 is 0 Å². The summed E-state index contributed by atoms with van der Waals surface area (Å²) >= 11 is 0. The number of para-hydroxylation sites is 1. The van der Waals surface area contributed by atoms with Gasteiger partial charge in [0, 0.05) is 37.7 Å². The first-order valence-corrected chi connectivity index (χ1v) is 10.5. The largest absolute Gasteiger partial charge is 0.441 e. The maximum atomic E-state index is 13.9. The van der Waals surface area contributed by atoms with E-state index in [0.717, 1.165) is 22.6 Å². The first-order valence-electron chi connectivity index (χ1n) is 10.5. The fraction of sp³-hybridized carbons (Fsp3) is 0.240. The molecule has 4 rings (SSSR count). The molecule has 0 atom stereocenters. The highest BCUT2D eigenvalue weighted by Crippen LogP contribution is 2.24. The van der Waals surface area contributed by atoms with Crippen LogP contribution in [0.3, 0.4) is 0 Å². The van der Waals surface area contributed by atoms with E-state index in [0.29, 0.717) is 30.2 Å². The lowest BCUT2D eigenvalue weighted by molar-refractivity contribution is -0.130. The number of oxazole rings is 1. The van der Waals surface area contributed by atoms with Crippen LogP contribution in [0.15, 0.2) is 65.2 Å². The lowest BCUT2D eigenvalue weighted by Crippen LogP contribution is -2.27. The van der Waals surface area contributed by atoms with E-state index in [1.807, 2.05) is 48.9 Å². The van der Waals surface area contributed by atoms with Gasteiger partial charge in [-0.1, -0.05) is 30.3 Å². The Balaban J connectivity index is 1.39. The van der Waals surface area contributed by atoms with Gasteiger partial charge < -0.3 is 9.32 Å². The van der Waals surface area contributed by atoms with E-state index in [4.69, 9.17) is 4.42 Å². The Bertz CT molecular complexity index is 1230. The van der Waals surface area contributed by atoms with Gasteiger partial charge in [-0.05, 0) is 38.1 Å². The number of carbonyl (C=O) groups is 1. The monoisotopic (exact) mass is 432 g/mol. The van der Waals surface area contributed by atoms with Crippen molar-refractivity contribution < 1.29 is 13.6 Å². The van der Waals surface area contributed by atoms with Crippen LogP contribution in [0.2, 0.25) is 0 Å². The zero-order chi connectivity index (χ0) is 22.7. The molecule has 2 aromatic carbocycles. The van der Waals surface area contributed by atoms with Gasteiger partial charge in [-0.25, -0.2) is 14.1 Å². The molecule has 2 heterocycles. The van der Waals surface area contributed by atoms with Crippen LogP contribution in [0.25, 0.3) is 17.0 Å². The highest BCUT2D eigenvalue weighted by molar-refractivity contribution is 5.76. The molecular formula is C25H25FN4O2. The number of hydrogen-bond acceptors (Lipinski definition) is 4. The summed E-state index contributed by atoms with van der Waals surface area (Å²) in [6.07, 6.45) is 2.09. The van der Waals surface area contributed by atoms with Crippen molar-refractivity contribution in [2.75, 3.05) is 7.05 Å². The van der Waals surface area contributed by atoms with E-state index in [2.05, 4.69) is 10.1 Å². The molecule has 1 amide bonds. The number of aryl methyl sites for hydroxylation is 2. The lowest BCUT2D eigenvalue weighted by atomic mass is 10.1. The highest BCUT2D eigenvalue weighted by Gasteiger charge is 2.18. The minimum atomic E-state index is -0.368. The van der Waals surface area contributed by atoms with Crippen molar-refractivity contribution in [3.05, 3.63) is 89.5 Å². The fourth-order valence-electron chi connectivity index (χ4n) is 3.67. The van der Waals surface area contributed by atoms with E-state index < -0.39 is 0 Å². The Labute approximate surface area is 186 Å². The summed E-state index contributed by atoms with van der Waals surface area (Å²) < 4.78 is 21.5. The predicted octanol–water partition coefficient (Wildman–Crippen LogP) is 4.87. The molecule has 32 heavy (non-hydrogen) atoms. The van der Waals surface area contributed by atoms with Gasteiger partial charge in [0.2, 0.25) is 5.91 Å². The Morgan fingerprint density at radius 1 is 1.09 bits per heavy atom. The number of rotatable bonds is 7. The molecule has 0 bridgehead atoms. The van der Waals surface area contributed by atoms with Gasteiger partial charge in [-0.2, -0.15) is 5.10 Å².